The van der Waals surface area contributed by atoms with Crippen LogP contribution >= 0.6 is 0 Å². The molecule has 7 heteroatoms. The number of nitrogens with one attached hydrogen (secondary N) is 1. The molecule has 0 saturated carbocycles. The highest BCUT2D eigenvalue weighted by atomic mass is 19.1. The summed E-state index contributed by atoms with van der Waals surface area (Å²) in [5, 5.41) is 11.5. The van der Waals surface area contributed by atoms with Gasteiger partial charge in [-0.3, -0.25) is 0 Å². The zero-order valence-corrected chi connectivity index (χ0v) is 15.5. The number of likely N-dealkylation sites (N-methyl/N-ethyl adjacent to an activating group) is 1. The summed E-state index contributed by atoms with van der Waals surface area (Å²) < 4.78 is 13.0. The van der Waals surface area contributed by atoms with Gasteiger partial charge in [0.1, 0.15) is 5.82 Å². The van der Waals surface area contributed by atoms with E-state index in [1.807, 2.05) is 40.0 Å². The van der Waals surface area contributed by atoms with E-state index in [1.165, 1.54) is 12.1 Å². The van der Waals surface area contributed by atoms with Crippen molar-refractivity contribution in [2.24, 2.45) is 0 Å². The molecule has 0 spiro atoms. The number of urea groups is 1. The lowest BCUT2D eigenvalue weighted by molar-refractivity contribution is 0.170. The Bertz CT molecular complexity index is 764. The highest BCUT2D eigenvalue weighted by Crippen LogP contribution is 2.23. The van der Waals surface area contributed by atoms with E-state index in [1.54, 1.807) is 17.0 Å². The number of carbonyl (C=O) groups excluding carboxylic acids is 1. The van der Waals surface area contributed by atoms with Crippen LogP contribution in [0, 0.1) is 5.82 Å². The van der Waals surface area contributed by atoms with Crippen molar-refractivity contribution in [2.75, 3.05) is 25.0 Å². The Kier molecular flexibility index (Phi) is 4.80. The number of aromatic nitrogens is 2. The lowest BCUT2D eigenvalue weighted by Crippen LogP contribution is -2.62. The lowest BCUT2D eigenvalue weighted by Gasteiger charge is -2.44. The second-order valence-corrected chi connectivity index (χ2v) is 7.63. The van der Waals surface area contributed by atoms with E-state index in [2.05, 4.69) is 20.4 Å². The van der Waals surface area contributed by atoms with Gasteiger partial charge in [-0.15, -0.1) is 10.2 Å². The van der Waals surface area contributed by atoms with Crippen LogP contribution in [0.25, 0.3) is 11.3 Å². The third-order valence-corrected chi connectivity index (χ3v) is 4.33. The molecule has 2 aromatic rings. The number of hydrogen-bond donors (Lipinski definition) is 1. The second-order valence-electron chi connectivity index (χ2n) is 7.63. The maximum Gasteiger partial charge on any atom is 0.317 e. The zero-order chi connectivity index (χ0) is 18.9. The van der Waals surface area contributed by atoms with E-state index in [9.17, 15) is 9.18 Å². The third-order valence-electron chi connectivity index (χ3n) is 4.33. The Morgan fingerprint density at radius 2 is 1.81 bits per heavy atom. The molecule has 1 aromatic carbocycles. The Hall–Kier alpha value is -2.70. The summed E-state index contributed by atoms with van der Waals surface area (Å²) in [6.07, 6.45) is 0. The third kappa shape index (κ3) is 4.09. The Balaban J connectivity index is 1.57. The predicted molar refractivity (Wildman–Crippen MR) is 99.5 cm³/mol. The molecule has 138 valence electrons. The minimum Gasteiger partial charge on any atom is -0.351 e. The summed E-state index contributed by atoms with van der Waals surface area (Å²) in [5.41, 5.74) is 1.27. The van der Waals surface area contributed by atoms with Gasteiger partial charge in [-0.25, -0.2) is 9.18 Å². The maximum absolute atomic E-state index is 13.0. The molecule has 0 radical (unpaired) electrons. The fraction of sp³-hybridized carbons (Fsp3) is 0.421. The van der Waals surface area contributed by atoms with Crippen LogP contribution in [0.4, 0.5) is 15.0 Å². The molecule has 0 aliphatic carbocycles. The Morgan fingerprint density at radius 3 is 2.35 bits per heavy atom. The Morgan fingerprint density at radius 1 is 1.15 bits per heavy atom. The first-order chi connectivity index (χ1) is 12.2. The smallest absolute Gasteiger partial charge is 0.317 e. The van der Waals surface area contributed by atoms with Crippen molar-refractivity contribution in [1.29, 1.82) is 0 Å². The standard InChI is InChI=1S/C19H24FN5O/c1-19(2,3)21-18(26)24(4)15-11-25(12-15)17-10-9-16(22-23-17)13-5-7-14(20)8-6-13/h5-10,15H,11-12H2,1-4H3,(H,21,26). The molecule has 3 rings (SSSR count). The first kappa shape index (κ1) is 18.1. The lowest BCUT2D eigenvalue weighted by atomic mass is 10.1. The van der Waals surface area contributed by atoms with Crippen molar-refractivity contribution < 1.29 is 9.18 Å². The minimum absolute atomic E-state index is 0.0695. The van der Waals surface area contributed by atoms with Gasteiger partial charge in [0, 0.05) is 31.2 Å². The first-order valence-electron chi connectivity index (χ1n) is 8.62. The van der Waals surface area contributed by atoms with Crippen molar-refractivity contribution in [3.05, 3.63) is 42.2 Å². The normalized spacial score (nSPS) is 14.7. The van der Waals surface area contributed by atoms with E-state index in [4.69, 9.17) is 0 Å². The number of halogens is 1. The van der Waals surface area contributed by atoms with Gasteiger partial charge in [-0.1, -0.05) is 0 Å². The van der Waals surface area contributed by atoms with Gasteiger partial charge in [-0.2, -0.15) is 0 Å². The van der Waals surface area contributed by atoms with Gasteiger partial charge in [0.25, 0.3) is 0 Å². The van der Waals surface area contributed by atoms with Crippen LogP contribution in [0.5, 0.6) is 0 Å². The number of nitrogens with zero attached hydrogens (tertiary/aromatic N) is 4. The topological polar surface area (TPSA) is 61.4 Å². The monoisotopic (exact) mass is 357 g/mol. The molecule has 1 aromatic heterocycles. The molecular weight excluding hydrogens is 333 g/mol. The second kappa shape index (κ2) is 6.90. The molecule has 0 unspecified atom stereocenters. The summed E-state index contributed by atoms with van der Waals surface area (Å²) in [6, 6.07) is 10.0. The van der Waals surface area contributed by atoms with Gasteiger partial charge >= 0.3 is 6.03 Å². The summed E-state index contributed by atoms with van der Waals surface area (Å²) in [6.45, 7) is 7.33. The van der Waals surface area contributed by atoms with E-state index < -0.39 is 0 Å². The molecule has 1 fully saturated rings. The van der Waals surface area contributed by atoms with Gasteiger partial charge < -0.3 is 15.1 Å². The maximum atomic E-state index is 13.0. The van der Waals surface area contributed by atoms with Crippen LogP contribution in [0.3, 0.4) is 0 Å². The van der Waals surface area contributed by atoms with Crippen molar-refractivity contribution in [2.45, 2.75) is 32.4 Å². The SMILES string of the molecule is CN(C(=O)NC(C)(C)C)C1CN(c2ccc(-c3ccc(F)cc3)nn2)C1. The molecule has 6 nitrogen and oxygen atoms in total. The summed E-state index contributed by atoms with van der Waals surface area (Å²) in [5.74, 6) is 0.501. The number of benzene rings is 1. The molecule has 2 heterocycles. The average molecular weight is 357 g/mol. The highest BCUT2D eigenvalue weighted by molar-refractivity contribution is 5.75. The van der Waals surface area contributed by atoms with E-state index in [-0.39, 0.29) is 23.4 Å². The summed E-state index contributed by atoms with van der Waals surface area (Å²) in [4.78, 5) is 16.0. The predicted octanol–water partition coefficient (Wildman–Crippen LogP) is 2.91. The van der Waals surface area contributed by atoms with Crippen molar-refractivity contribution in [1.82, 2.24) is 20.4 Å². The van der Waals surface area contributed by atoms with Gasteiger partial charge in [0.05, 0.1) is 11.7 Å². The van der Waals surface area contributed by atoms with Crippen LogP contribution in [0.15, 0.2) is 36.4 Å². The highest BCUT2D eigenvalue weighted by Gasteiger charge is 2.34. The first-order valence-corrected chi connectivity index (χ1v) is 8.62. The number of anilines is 1. The van der Waals surface area contributed by atoms with Gasteiger partial charge in [0.2, 0.25) is 0 Å². The minimum atomic E-state index is -0.274. The zero-order valence-electron chi connectivity index (χ0n) is 15.5. The van der Waals surface area contributed by atoms with E-state index >= 15 is 0 Å². The largest absolute Gasteiger partial charge is 0.351 e. The van der Waals surface area contributed by atoms with Crippen LogP contribution in [-0.4, -0.2) is 52.8 Å². The quantitative estimate of drug-likeness (QED) is 0.918. The number of hydrogen-bond acceptors (Lipinski definition) is 4. The molecule has 26 heavy (non-hydrogen) atoms. The van der Waals surface area contributed by atoms with Crippen LogP contribution in [0.1, 0.15) is 20.8 Å². The fourth-order valence-corrected chi connectivity index (χ4v) is 2.73. The summed E-state index contributed by atoms with van der Waals surface area (Å²) in [7, 11) is 1.81. The number of rotatable bonds is 3. The van der Waals surface area contributed by atoms with Gasteiger partial charge in [-0.05, 0) is 57.2 Å². The van der Waals surface area contributed by atoms with Gasteiger partial charge in [0.15, 0.2) is 5.82 Å². The average Bonchev–Trinajstić information content (AvgIpc) is 2.53. The van der Waals surface area contributed by atoms with E-state index in [0.29, 0.717) is 5.69 Å². The molecular formula is C19H24FN5O. The van der Waals surface area contributed by atoms with Crippen molar-refractivity contribution >= 4 is 11.8 Å². The molecule has 1 N–H and O–H groups in total. The van der Waals surface area contributed by atoms with Crippen molar-refractivity contribution in [3.8, 4) is 11.3 Å². The summed E-state index contributed by atoms with van der Waals surface area (Å²) >= 11 is 0. The molecule has 1 saturated heterocycles. The molecule has 1 aliphatic rings. The van der Waals surface area contributed by atoms with Crippen molar-refractivity contribution in [3.63, 3.8) is 0 Å². The van der Waals surface area contributed by atoms with E-state index in [0.717, 1.165) is 24.5 Å². The van der Waals surface area contributed by atoms with Crippen LogP contribution < -0.4 is 10.2 Å². The Labute approximate surface area is 153 Å². The van der Waals surface area contributed by atoms with Crippen LogP contribution in [0.2, 0.25) is 0 Å². The number of amides is 2. The molecule has 1 aliphatic heterocycles. The van der Waals surface area contributed by atoms with Crippen LogP contribution in [-0.2, 0) is 0 Å². The number of carbonyl (C=O) groups is 1. The fourth-order valence-electron chi connectivity index (χ4n) is 2.73. The molecule has 0 bridgehead atoms. The molecule has 2 amide bonds. The molecule has 0 atom stereocenters.